The molecule has 0 bridgehead atoms. The van der Waals surface area contributed by atoms with Crippen molar-refractivity contribution < 1.29 is 0 Å². The first-order chi connectivity index (χ1) is 15.4. The number of hydrogen-bond donors (Lipinski definition) is 0. The minimum atomic E-state index is 0.0298. The predicted octanol–water partition coefficient (Wildman–Crippen LogP) is 6.39. The zero-order valence-corrected chi connectivity index (χ0v) is 20.7. The lowest BCUT2D eigenvalue weighted by Gasteiger charge is -2.32. The third kappa shape index (κ3) is 3.29. The summed E-state index contributed by atoms with van der Waals surface area (Å²) in [5.74, 6) is 1.12. The normalized spacial score (nSPS) is 22.4. The van der Waals surface area contributed by atoms with E-state index in [0.29, 0.717) is 6.04 Å². The molecule has 1 saturated heterocycles. The molecule has 2 aromatic heterocycles. The number of rotatable bonds is 4. The first-order valence-corrected chi connectivity index (χ1v) is 12.6. The standard InChI is InChI=1S/C27H32N4S/c1-7-21-15-32-27-29-24(23-10-8-9-11-28-23)26(31(21)27)22-14-19(5)30(20(22)6)25-17(3)12-16(2)13-18(25)4/h8-14,21,24,26H,7,15H2,1-6H3/t21-,24+,26+/m0/s1. The minimum absolute atomic E-state index is 0.0298. The molecule has 1 fully saturated rings. The van der Waals surface area contributed by atoms with Gasteiger partial charge in [-0.25, -0.2) is 0 Å². The van der Waals surface area contributed by atoms with Gasteiger partial charge >= 0.3 is 0 Å². The SMILES string of the molecule is CC[C@H]1CSC2=N[C@H](c3ccccn3)[C@@H](c3cc(C)n(-c4c(C)cc(C)cc4C)c3C)N21. The summed E-state index contributed by atoms with van der Waals surface area (Å²) in [5, 5.41) is 1.19. The molecule has 5 rings (SSSR count). The highest BCUT2D eigenvalue weighted by Gasteiger charge is 2.46. The third-order valence-corrected chi connectivity index (χ3v) is 8.10. The molecule has 2 aliphatic rings. The van der Waals surface area contributed by atoms with Crippen LogP contribution in [-0.4, -0.2) is 31.4 Å². The zero-order valence-electron chi connectivity index (χ0n) is 19.9. The summed E-state index contributed by atoms with van der Waals surface area (Å²) in [6.07, 6.45) is 3.02. The summed E-state index contributed by atoms with van der Waals surface area (Å²) in [6.45, 7) is 13.4. The number of benzene rings is 1. The summed E-state index contributed by atoms with van der Waals surface area (Å²) >= 11 is 1.90. The Labute approximate surface area is 195 Å². The van der Waals surface area contributed by atoms with E-state index in [1.807, 2.05) is 24.0 Å². The fourth-order valence-electron chi connectivity index (χ4n) is 5.64. The highest BCUT2D eigenvalue weighted by Crippen LogP contribution is 2.50. The van der Waals surface area contributed by atoms with Gasteiger partial charge in [0.2, 0.25) is 0 Å². The topological polar surface area (TPSA) is 33.4 Å². The summed E-state index contributed by atoms with van der Waals surface area (Å²) in [4.78, 5) is 12.5. The van der Waals surface area contributed by atoms with Crippen LogP contribution in [0.5, 0.6) is 0 Å². The lowest BCUT2D eigenvalue weighted by atomic mass is 9.95. The van der Waals surface area contributed by atoms with E-state index in [1.54, 1.807) is 0 Å². The molecule has 0 N–H and O–H groups in total. The Morgan fingerprint density at radius 1 is 1.03 bits per heavy atom. The number of aliphatic imine (C=N–C) groups is 1. The van der Waals surface area contributed by atoms with Gasteiger partial charge in [0, 0.05) is 29.4 Å². The number of aromatic nitrogens is 2. The Hall–Kier alpha value is -2.53. The molecule has 4 nitrogen and oxygen atoms in total. The van der Waals surface area contributed by atoms with E-state index in [-0.39, 0.29) is 12.1 Å². The highest BCUT2D eigenvalue weighted by molar-refractivity contribution is 8.14. The Bertz CT molecular complexity index is 1170. The van der Waals surface area contributed by atoms with Crippen LogP contribution >= 0.6 is 11.8 Å². The van der Waals surface area contributed by atoms with Gasteiger partial charge in [0.25, 0.3) is 0 Å². The second-order valence-corrected chi connectivity index (χ2v) is 10.2. The molecule has 32 heavy (non-hydrogen) atoms. The average molecular weight is 445 g/mol. The lowest BCUT2D eigenvalue weighted by molar-refractivity contribution is 0.254. The third-order valence-electron chi connectivity index (χ3n) is 6.98. The molecule has 166 valence electrons. The molecular formula is C27H32N4S. The van der Waals surface area contributed by atoms with Gasteiger partial charge in [-0.3, -0.25) is 9.98 Å². The molecule has 0 unspecified atom stereocenters. The summed E-state index contributed by atoms with van der Waals surface area (Å²) in [6, 6.07) is 13.9. The number of nitrogens with zero attached hydrogens (tertiary/aromatic N) is 4. The molecule has 3 atom stereocenters. The maximum Gasteiger partial charge on any atom is 0.160 e. The molecule has 1 aromatic carbocycles. The molecular weight excluding hydrogens is 412 g/mol. The predicted molar refractivity (Wildman–Crippen MR) is 135 cm³/mol. The fourth-order valence-corrected chi connectivity index (χ4v) is 6.98. The van der Waals surface area contributed by atoms with Crippen LogP contribution < -0.4 is 0 Å². The quantitative estimate of drug-likeness (QED) is 0.467. The minimum Gasteiger partial charge on any atom is -0.338 e. The number of hydrogen-bond acceptors (Lipinski definition) is 4. The lowest BCUT2D eigenvalue weighted by Crippen LogP contribution is -2.35. The first kappa shape index (κ1) is 21.3. The van der Waals surface area contributed by atoms with Crippen LogP contribution in [0.25, 0.3) is 5.69 Å². The first-order valence-electron chi connectivity index (χ1n) is 11.6. The van der Waals surface area contributed by atoms with Crippen LogP contribution in [0.2, 0.25) is 0 Å². The number of amidine groups is 1. The van der Waals surface area contributed by atoms with Gasteiger partial charge < -0.3 is 9.47 Å². The van der Waals surface area contributed by atoms with Crippen molar-refractivity contribution in [2.75, 3.05) is 5.75 Å². The number of aryl methyl sites for hydroxylation is 4. The molecule has 0 amide bonds. The molecule has 2 aliphatic heterocycles. The van der Waals surface area contributed by atoms with Crippen molar-refractivity contribution in [1.82, 2.24) is 14.5 Å². The van der Waals surface area contributed by atoms with Crippen molar-refractivity contribution in [3.8, 4) is 5.69 Å². The Morgan fingerprint density at radius 3 is 2.44 bits per heavy atom. The molecule has 3 aromatic rings. The second-order valence-electron chi connectivity index (χ2n) is 9.25. The fraction of sp³-hybridized carbons (Fsp3) is 0.407. The summed E-state index contributed by atoms with van der Waals surface area (Å²) in [5.41, 5.74) is 10.3. The van der Waals surface area contributed by atoms with E-state index >= 15 is 0 Å². The van der Waals surface area contributed by atoms with Crippen molar-refractivity contribution >= 4 is 16.9 Å². The van der Waals surface area contributed by atoms with Gasteiger partial charge in [-0.1, -0.05) is 42.4 Å². The summed E-state index contributed by atoms with van der Waals surface area (Å²) < 4.78 is 2.46. The van der Waals surface area contributed by atoms with Crippen LogP contribution in [-0.2, 0) is 0 Å². The Balaban J connectivity index is 1.67. The van der Waals surface area contributed by atoms with Gasteiger partial charge in [-0.2, -0.15) is 0 Å². The van der Waals surface area contributed by atoms with Crippen molar-refractivity contribution in [2.24, 2.45) is 4.99 Å². The number of pyridine rings is 1. The summed E-state index contributed by atoms with van der Waals surface area (Å²) in [7, 11) is 0. The number of thioether (sulfide) groups is 1. The van der Waals surface area contributed by atoms with Crippen LogP contribution in [0.1, 0.15) is 64.8 Å². The molecule has 0 spiro atoms. The van der Waals surface area contributed by atoms with Crippen LogP contribution in [0, 0.1) is 34.6 Å². The van der Waals surface area contributed by atoms with Crippen molar-refractivity contribution in [3.05, 3.63) is 81.9 Å². The smallest absolute Gasteiger partial charge is 0.160 e. The Morgan fingerprint density at radius 2 is 1.78 bits per heavy atom. The molecule has 4 heterocycles. The maximum atomic E-state index is 5.21. The van der Waals surface area contributed by atoms with E-state index in [1.165, 1.54) is 44.5 Å². The van der Waals surface area contributed by atoms with E-state index in [4.69, 9.17) is 9.98 Å². The van der Waals surface area contributed by atoms with Gasteiger partial charge in [0.1, 0.15) is 6.04 Å². The van der Waals surface area contributed by atoms with E-state index < -0.39 is 0 Å². The van der Waals surface area contributed by atoms with Crippen molar-refractivity contribution in [2.45, 2.75) is 66.1 Å². The maximum absolute atomic E-state index is 5.21. The molecule has 0 aliphatic carbocycles. The van der Waals surface area contributed by atoms with Crippen molar-refractivity contribution in [3.63, 3.8) is 0 Å². The number of fused-ring (bicyclic) bond motifs is 1. The molecule has 5 heteroatoms. The average Bonchev–Trinajstić information content (AvgIpc) is 3.41. The van der Waals surface area contributed by atoms with E-state index in [9.17, 15) is 0 Å². The van der Waals surface area contributed by atoms with Gasteiger partial charge in [-0.15, -0.1) is 0 Å². The second kappa shape index (κ2) is 8.11. The van der Waals surface area contributed by atoms with E-state index in [2.05, 4.69) is 81.3 Å². The molecule has 0 radical (unpaired) electrons. The highest BCUT2D eigenvalue weighted by atomic mass is 32.2. The van der Waals surface area contributed by atoms with Crippen LogP contribution in [0.15, 0.2) is 47.6 Å². The van der Waals surface area contributed by atoms with Gasteiger partial charge in [0.05, 0.1) is 17.4 Å². The van der Waals surface area contributed by atoms with Gasteiger partial charge in [-0.05, 0) is 75.9 Å². The van der Waals surface area contributed by atoms with Crippen molar-refractivity contribution in [1.29, 1.82) is 0 Å². The molecule has 0 saturated carbocycles. The Kier molecular flexibility index (Phi) is 5.40. The van der Waals surface area contributed by atoms with Crippen LogP contribution in [0.3, 0.4) is 0 Å². The zero-order chi connectivity index (χ0) is 22.6. The van der Waals surface area contributed by atoms with E-state index in [0.717, 1.165) is 17.9 Å². The van der Waals surface area contributed by atoms with Gasteiger partial charge in [0.15, 0.2) is 5.17 Å². The van der Waals surface area contributed by atoms with Crippen LogP contribution in [0.4, 0.5) is 0 Å². The largest absolute Gasteiger partial charge is 0.338 e. The monoisotopic (exact) mass is 444 g/mol.